The second-order valence-corrected chi connectivity index (χ2v) is 2.75. The van der Waals surface area contributed by atoms with Gasteiger partial charge in [-0.2, -0.15) is 0 Å². The van der Waals surface area contributed by atoms with Crippen molar-refractivity contribution in [1.29, 1.82) is 0 Å². The fourth-order valence-corrected chi connectivity index (χ4v) is 0.939. The molecule has 0 fully saturated rings. The Labute approximate surface area is 81.8 Å². The van der Waals surface area contributed by atoms with Crippen molar-refractivity contribution in [3.05, 3.63) is 24.1 Å². The zero-order chi connectivity index (χ0) is 10.4. The summed E-state index contributed by atoms with van der Waals surface area (Å²) in [5.41, 5.74) is 5.43. The molecule has 0 aliphatic carbocycles. The van der Waals surface area contributed by atoms with E-state index in [2.05, 4.69) is 4.98 Å². The number of hydrogen-bond donors (Lipinski definition) is 1. The molecule has 78 valence electrons. The van der Waals surface area contributed by atoms with Crippen molar-refractivity contribution in [2.45, 2.75) is 6.10 Å². The smallest absolute Gasteiger partial charge is 0.213 e. The molecule has 0 radical (unpaired) electrons. The van der Waals surface area contributed by atoms with Crippen LogP contribution in [0.25, 0.3) is 0 Å². The molecule has 0 bridgehead atoms. The molecule has 0 unspecified atom stereocenters. The average molecular weight is 200 g/mol. The maximum Gasteiger partial charge on any atom is 0.213 e. The summed E-state index contributed by atoms with van der Waals surface area (Å²) >= 11 is 0. The van der Waals surface area contributed by atoms with Gasteiger partial charge in [-0.05, 0) is 6.07 Å². The van der Waals surface area contributed by atoms with Crippen LogP contribution in [0.1, 0.15) is 0 Å². The lowest BCUT2D eigenvalue weighted by atomic mass is 10.4. The summed E-state index contributed by atoms with van der Waals surface area (Å²) in [6, 6.07) is 2.73. The molecule has 4 nitrogen and oxygen atoms in total. The van der Waals surface area contributed by atoms with Gasteiger partial charge in [-0.15, -0.1) is 0 Å². The third-order valence-corrected chi connectivity index (χ3v) is 1.60. The van der Waals surface area contributed by atoms with Gasteiger partial charge < -0.3 is 15.2 Å². The largest absolute Gasteiger partial charge is 0.471 e. The van der Waals surface area contributed by atoms with Crippen LogP contribution in [0.5, 0.6) is 5.88 Å². The predicted molar refractivity (Wildman–Crippen MR) is 49.5 cm³/mol. The van der Waals surface area contributed by atoms with Crippen molar-refractivity contribution < 1.29 is 13.9 Å². The van der Waals surface area contributed by atoms with Gasteiger partial charge in [0.05, 0.1) is 12.8 Å². The monoisotopic (exact) mass is 200 g/mol. The number of rotatable bonds is 5. The summed E-state index contributed by atoms with van der Waals surface area (Å²) in [5, 5.41) is 0. The van der Waals surface area contributed by atoms with E-state index in [9.17, 15) is 4.39 Å². The van der Waals surface area contributed by atoms with Gasteiger partial charge in [0, 0.05) is 19.7 Å². The zero-order valence-electron chi connectivity index (χ0n) is 7.94. The molecule has 0 saturated carbocycles. The molecular weight excluding hydrogens is 187 g/mol. The molecule has 1 atom stereocenters. The van der Waals surface area contributed by atoms with E-state index in [4.69, 9.17) is 15.2 Å². The first-order chi connectivity index (χ1) is 6.76. The first-order valence-corrected chi connectivity index (χ1v) is 4.23. The highest BCUT2D eigenvalue weighted by atomic mass is 19.1. The molecule has 0 amide bonds. The lowest BCUT2D eigenvalue weighted by molar-refractivity contribution is 0.0828. The third-order valence-electron chi connectivity index (χ3n) is 1.60. The Morgan fingerprint density at radius 2 is 2.36 bits per heavy atom. The second kappa shape index (κ2) is 5.51. The van der Waals surface area contributed by atoms with E-state index >= 15 is 0 Å². The van der Waals surface area contributed by atoms with Crippen LogP contribution in [-0.4, -0.2) is 31.3 Å². The molecule has 0 aromatic carbocycles. The maximum atomic E-state index is 12.5. The third kappa shape index (κ3) is 3.27. The molecule has 1 aromatic rings. The summed E-state index contributed by atoms with van der Waals surface area (Å²) in [6.45, 7) is 0.711. The number of pyridine rings is 1. The van der Waals surface area contributed by atoms with Gasteiger partial charge in [0.25, 0.3) is 0 Å². The molecule has 1 heterocycles. The Morgan fingerprint density at radius 1 is 1.57 bits per heavy atom. The van der Waals surface area contributed by atoms with Gasteiger partial charge in [0.2, 0.25) is 5.88 Å². The molecule has 5 heteroatoms. The quantitative estimate of drug-likeness (QED) is 0.755. The Kier molecular flexibility index (Phi) is 4.28. The molecular formula is C9H13FN2O2. The Morgan fingerprint density at radius 3 is 2.86 bits per heavy atom. The van der Waals surface area contributed by atoms with Crippen molar-refractivity contribution in [1.82, 2.24) is 4.98 Å². The predicted octanol–water partition coefficient (Wildman–Crippen LogP) is 0.573. The molecule has 2 N–H and O–H groups in total. The van der Waals surface area contributed by atoms with E-state index < -0.39 is 5.82 Å². The SMILES string of the molecule is COC[C@H](CN)Oc1ccc(F)cn1. The van der Waals surface area contributed by atoms with Crippen LogP contribution in [0.15, 0.2) is 18.3 Å². The lowest BCUT2D eigenvalue weighted by Crippen LogP contribution is -2.31. The van der Waals surface area contributed by atoms with Crippen LogP contribution >= 0.6 is 0 Å². The molecule has 0 aliphatic rings. The minimum Gasteiger partial charge on any atom is -0.471 e. The summed E-state index contributed by atoms with van der Waals surface area (Å²) in [6.07, 6.45) is 0.841. The first kappa shape index (κ1) is 10.9. The lowest BCUT2D eigenvalue weighted by Gasteiger charge is -2.15. The van der Waals surface area contributed by atoms with Gasteiger partial charge in [-0.25, -0.2) is 9.37 Å². The fraction of sp³-hybridized carbons (Fsp3) is 0.444. The van der Waals surface area contributed by atoms with Crippen LogP contribution in [0.2, 0.25) is 0 Å². The maximum absolute atomic E-state index is 12.5. The molecule has 0 saturated heterocycles. The summed E-state index contributed by atoms with van der Waals surface area (Å²) < 4.78 is 22.7. The number of halogens is 1. The van der Waals surface area contributed by atoms with Gasteiger partial charge in [0.15, 0.2) is 0 Å². The molecule has 0 aliphatic heterocycles. The van der Waals surface area contributed by atoms with Gasteiger partial charge in [-0.3, -0.25) is 0 Å². The molecule has 0 spiro atoms. The number of nitrogens with two attached hydrogens (primary N) is 1. The zero-order valence-corrected chi connectivity index (χ0v) is 7.94. The van der Waals surface area contributed by atoms with Crippen LogP contribution in [-0.2, 0) is 4.74 Å². The Balaban J connectivity index is 2.53. The second-order valence-electron chi connectivity index (χ2n) is 2.75. The van der Waals surface area contributed by atoms with Crippen LogP contribution in [0.3, 0.4) is 0 Å². The van der Waals surface area contributed by atoms with Crippen LogP contribution in [0, 0.1) is 5.82 Å². The van der Waals surface area contributed by atoms with Crippen molar-refractivity contribution in [3.8, 4) is 5.88 Å². The Bertz CT molecular complexity index is 266. The van der Waals surface area contributed by atoms with Crippen LogP contribution in [0.4, 0.5) is 4.39 Å². The van der Waals surface area contributed by atoms with Gasteiger partial charge in [-0.1, -0.05) is 0 Å². The highest BCUT2D eigenvalue weighted by Crippen LogP contribution is 2.08. The molecule has 14 heavy (non-hydrogen) atoms. The van der Waals surface area contributed by atoms with Crippen molar-refractivity contribution in [2.24, 2.45) is 5.73 Å². The van der Waals surface area contributed by atoms with Crippen molar-refractivity contribution >= 4 is 0 Å². The first-order valence-electron chi connectivity index (χ1n) is 4.23. The van der Waals surface area contributed by atoms with E-state index in [1.165, 1.54) is 12.1 Å². The van der Waals surface area contributed by atoms with Crippen molar-refractivity contribution in [3.63, 3.8) is 0 Å². The van der Waals surface area contributed by atoms with E-state index in [0.717, 1.165) is 6.20 Å². The summed E-state index contributed by atoms with van der Waals surface area (Å²) in [7, 11) is 1.56. The summed E-state index contributed by atoms with van der Waals surface area (Å²) in [4.78, 5) is 3.74. The normalized spacial score (nSPS) is 12.5. The number of aromatic nitrogens is 1. The minimum atomic E-state index is -0.395. The molecule has 1 rings (SSSR count). The highest BCUT2D eigenvalue weighted by Gasteiger charge is 2.08. The van der Waals surface area contributed by atoms with Gasteiger partial charge >= 0.3 is 0 Å². The minimum absolute atomic E-state index is 0.252. The van der Waals surface area contributed by atoms with E-state index in [1.807, 2.05) is 0 Å². The highest BCUT2D eigenvalue weighted by molar-refractivity contribution is 5.11. The van der Waals surface area contributed by atoms with Gasteiger partial charge in [0.1, 0.15) is 11.9 Å². The topological polar surface area (TPSA) is 57.4 Å². The van der Waals surface area contributed by atoms with E-state index in [0.29, 0.717) is 19.0 Å². The molecule has 1 aromatic heterocycles. The number of methoxy groups -OCH3 is 1. The number of nitrogens with zero attached hydrogens (tertiary/aromatic N) is 1. The summed E-state index contributed by atoms with van der Waals surface area (Å²) in [5.74, 6) is -0.0488. The standard InChI is InChI=1S/C9H13FN2O2/c1-13-6-8(4-11)14-9-3-2-7(10)5-12-9/h2-3,5,8H,4,6,11H2,1H3/t8-/m0/s1. The van der Waals surface area contributed by atoms with Crippen LogP contribution < -0.4 is 10.5 Å². The average Bonchev–Trinajstić information content (AvgIpc) is 2.20. The fourth-order valence-electron chi connectivity index (χ4n) is 0.939. The number of ether oxygens (including phenoxy) is 2. The van der Waals surface area contributed by atoms with E-state index in [-0.39, 0.29) is 6.10 Å². The van der Waals surface area contributed by atoms with Crippen molar-refractivity contribution in [2.75, 3.05) is 20.3 Å². The van der Waals surface area contributed by atoms with E-state index in [1.54, 1.807) is 7.11 Å². The number of hydrogen-bond acceptors (Lipinski definition) is 4. The Hall–Kier alpha value is -1.20.